The largest absolute Gasteiger partial charge is 0.322 e. The summed E-state index contributed by atoms with van der Waals surface area (Å²) in [6, 6.07) is 7.80. The standard InChI is InChI=1S/C23H39NO/c1-4-5-6-7-8-9-10-11-12-13-14-19-22(25)20-17-15-16-18-21(20)23(2,3)24/h15-18H,4-14,19,24H2,1-3H3. The van der Waals surface area contributed by atoms with E-state index in [0.29, 0.717) is 6.42 Å². The van der Waals surface area contributed by atoms with Crippen LogP contribution in [0.3, 0.4) is 0 Å². The van der Waals surface area contributed by atoms with Crippen LogP contribution in [0.5, 0.6) is 0 Å². The van der Waals surface area contributed by atoms with Crippen molar-refractivity contribution in [1.29, 1.82) is 0 Å². The molecule has 1 aromatic carbocycles. The van der Waals surface area contributed by atoms with E-state index in [9.17, 15) is 4.79 Å². The molecule has 2 heteroatoms. The summed E-state index contributed by atoms with van der Waals surface area (Å²) in [4.78, 5) is 12.5. The Labute approximate surface area is 155 Å². The Morgan fingerprint density at radius 3 is 1.84 bits per heavy atom. The van der Waals surface area contributed by atoms with E-state index < -0.39 is 5.54 Å². The maximum Gasteiger partial charge on any atom is 0.163 e. The SMILES string of the molecule is CCCCCCCCCCCCCC(=O)c1ccccc1C(C)(C)N. The number of benzene rings is 1. The normalized spacial score (nSPS) is 11.7. The Morgan fingerprint density at radius 2 is 1.32 bits per heavy atom. The molecular weight excluding hydrogens is 306 g/mol. The number of Topliss-reactive ketones (excluding diaryl/α,β-unsaturated/α-hetero) is 1. The lowest BCUT2D eigenvalue weighted by Crippen LogP contribution is -2.30. The highest BCUT2D eigenvalue weighted by molar-refractivity contribution is 5.97. The van der Waals surface area contributed by atoms with Crippen molar-refractivity contribution in [3.05, 3.63) is 35.4 Å². The van der Waals surface area contributed by atoms with Gasteiger partial charge in [0, 0.05) is 17.5 Å². The third-order valence-electron chi connectivity index (χ3n) is 4.93. The second-order valence-electron chi connectivity index (χ2n) is 7.98. The number of carbonyl (C=O) groups is 1. The molecule has 0 saturated heterocycles. The van der Waals surface area contributed by atoms with E-state index in [-0.39, 0.29) is 5.78 Å². The van der Waals surface area contributed by atoms with Crippen molar-refractivity contribution in [3.8, 4) is 0 Å². The van der Waals surface area contributed by atoms with Crippen LogP contribution in [-0.2, 0) is 5.54 Å². The summed E-state index contributed by atoms with van der Waals surface area (Å²) < 4.78 is 0. The topological polar surface area (TPSA) is 43.1 Å². The molecule has 0 atom stereocenters. The zero-order valence-electron chi connectivity index (χ0n) is 16.8. The van der Waals surface area contributed by atoms with Crippen molar-refractivity contribution in [2.75, 3.05) is 0 Å². The Balaban J connectivity index is 2.16. The number of carbonyl (C=O) groups excluding carboxylic acids is 1. The number of unbranched alkanes of at least 4 members (excludes halogenated alkanes) is 10. The van der Waals surface area contributed by atoms with Gasteiger partial charge in [0.05, 0.1) is 0 Å². The summed E-state index contributed by atoms with van der Waals surface area (Å²) >= 11 is 0. The first-order valence-corrected chi connectivity index (χ1v) is 10.4. The predicted molar refractivity (Wildman–Crippen MR) is 109 cm³/mol. The summed E-state index contributed by atoms with van der Waals surface area (Å²) in [5.41, 5.74) is 7.50. The van der Waals surface area contributed by atoms with E-state index >= 15 is 0 Å². The second kappa shape index (κ2) is 12.2. The predicted octanol–water partition coefficient (Wildman–Crippen LogP) is 6.76. The fourth-order valence-electron chi connectivity index (χ4n) is 3.37. The Morgan fingerprint density at radius 1 is 0.840 bits per heavy atom. The van der Waals surface area contributed by atoms with Crippen molar-refractivity contribution >= 4 is 5.78 Å². The first-order valence-electron chi connectivity index (χ1n) is 10.4. The minimum atomic E-state index is -0.469. The lowest BCUT2D eigenvalue weighted by molar-refractivity contribution is 0.0977. The average Bonchev–Trinajstić information content (AvgIpc) is 2.58. The highest BCUT2D eigenvalue weighted by Gasteiger charge is 2.21. The molecule has 1 aromatic rings. The second-order valence-corrected chi connectivity index (χ2v) is 7.98. The number of nitrogens with two attached hydrogens (primary N) is 1. The first-order chi connectivity index (χ1) is 12.0. The van der Waals surface area contributed by atoms with Crippen LogP contribution in [0.1, 0.15) is 114 Å². The van der Waals surface area contributed by atoms with Gasteiger partial charge in [0.2, 0.25) is 0 Å². The zero-order valence-corrected chi connectivity index (χ0v) is 16.8. The van der Waals surface area contributed by atoms with Gasteiger partial charge in [-0.25, -0.2) is 0 Å². The molecular formula is C23H39NO. The van der Waals surface area contributed by atoms with Gasteiger partial charge in [-0.15, -0.1) is 0 Å². The lowest BCUT2D eigenvalue weighted by atomic mass is 9.88. The van der Waals surface area contributed by atoms with E-state index in [1.165, 1.54) is 57.8 Å². The van der Waals surface area contributed by atoms with Crippen LogP contribution in [0.4, 0.5) is 0 Å². The number of rotatable bonds is 14. The highest BCUT2D eigenvalue weighted by Crippen LogP contribution is 2.23. The van der Waals surface area contributed by atoms with Gasteiger partial charge in [-0.1, -0.05) is 95.4 Å². The minimum Gasteiger partial charge on any atom is -0.322 e. The summed E-state index contributed by atoms with van der Waals surface area (Å²) in [6.07, 6.45) is 15.0. The molecule has 0 heterocycles. The number of ketones is 1. The lowest BCUT2D eigenvalue weighted by Gasteiger charge is -2.22. The van der Waals surface area contributed by atoms with E-state index in [4.69, 9.17) is 5.73 Å². The molecule has 0 fully saturated rings. The van der Waals surface area contributed by atoms with Crippen LogP contribution < -0.4 is 5.73 Å². The van der Waals surface area contributed by atoms with Gasteiger partial charge in [0.15, 0.2) is 5.78 Å². The Kier molecular flexibility index (Phi) is 10.7. The van der Waals surface area contributed by atoms with Crippen molar-refractivity contribution in [2.24, 2.45) is 5.73 Å². The quantitative estimate of drug-likeness (QED) is 0.299. The third kappa shape index (κ3) is 9.21. The Hall–Kier alpha value is -1.15. The summed E-state index contributed by atoms with van der Waals surface area (Å²) in [6.45, 7) is 6.18. The van der Waals surface area contributed by atoms with Crippen LogP contribution in [0.2, 0.25) is 0 Å². The van der Waals surface area contributed by atoms with Crippen LogP contribution in [-0.4, -0.2) is 5.78 Å². The Bertz CT molecular complexity index is 487. The van der Waals surface area contributed by atoms with Crippen molar-refractivity contribution in [2.45, 2.75) is 103 Å². The average molecular weight is 346 g/mol. The molecule has 0 aromatic heterocycles. The van der Waals surface area contributed by atoms with Gasteiger partial charge in [-0.3, -0.25) is 4.79 Å². The molecule has 25 heavy (non-hydrogen) atoms. The molecule has 0 radical (unpaired) electrons. The monoisotopic (exact) mass is 345 g/mol. The highest BCUT2D eigenvalue weighted by atomic mass is 16.1. The smallest absolute Gasteiger partial charge is 0.163 e. The van der Waals surface area contributed by atoms with Gasteiger partial charge in [-0.05, 0) is 25.8 Å². The number of hydrogen-bond donors (Lipinski definition) is 1. The molecule has 0 aliphatic carbocycles. The maximum atomic E-state index is 12.5. The van der Waals surface area contributed by atoms with Gasteiger partial charge >= 0.3 is 0 Å². The molecule has 0 aliphatic rings. The van der Waals surface area contributed by atoms with Crippen LogP contribution in [0.15, 0.2) is 24.3 Å². The minimum absolute atomic E-state index is 0.241. The molecule has 0 unspecified atom stereocenters. The van der Waals surface area contributed by atoms with E-state index in [1.807, 2.05) is 38.1 Å². The summed E-state index contributed by atoms with van der Waals surface area (Å²) in [5, 5.41) is 0. The van der Waals surface area contributed by atoms with Gasteiger partial charge < -0.3 is 5.73 Å². The summed E-state index contributed by atoms with van der Waals surface area (Å²) in [7, 11) is 0. The molecule has 0 bridgehead atoms. The van der Waals surface area contributed by atoms with Gasteiger partial charge in [0.25, 0.3) is 0 Å². The molecule has 1 rings (SSSR count). The molecule has 2 nitrogen and oxygen atoms in total. The van der Waals surface area contributed by atoms with Crippen molar-refractivity contribution in [3.63, 3.8) is 0 Å². The van der Waals surface area contributed by atoms with E-state index in [0.717, 1.165) is 24.0 Å². The van der Waals surface area contributed by atoms with Crippen molar-refractivity contribution in [1.82, 2.24) is 0 Å². The third-order valence-corrected chi connectivity index (χ3v) is 4.93. The summed E-state index contributed by atoms with van der Waals surface area (Å²) in [5.74, 6) is 0.241. The number of hydrogen-bond acceptors (Lipinski definition) is 2. The fourth-order valence-corrected chi connectivity index (χ4v) is 3.37. The van der Waals surface area contributed by atoms with Crippen LogP contribution in [0.25, 0.3) is 0 Å². The van der Waals surface area contributed by atoms with Gasteiger partial charge in [-0.2, -0.15) is 0 Å². The maximum absolute atomic E-state index is 12.5. The van der Waals surface area contributed by atoms with Crippen LogP contribution >= 0.6 is 0 Å². The van der Waals surface area contributed by atoms with E-state index in [1.54, 1.807) is 0 Å². The van der Waals surface area contributed by atoms with Gasteiger partial charge in [0.1, 0.15) is 0 Å². The molecule has 142 valence electrons. The fraction of sp³-hybridized carbons (Fsp3) is 0.696. The molecule has 0 amide bonds. The molecule has 2 N–H and O–H groups in total. The molecule has 0 spiro atoms. The van der Waals surface area contributed by atoms with Crippen molar-refractivity contribution < 1.29 is 4.79 Å². The molecule has 0 aliphatic heterocycles. The molecule has 0 saturated carbocycles. The first kappa shape index (κ1) is 21.9. The van der Waals surface area contributed by atoms with Crippen LogP contribution in [0, 0.1) is 0 Å². The zero-order chi connectivity index (χ0) is 18.5. The van der Waals surface area contributed by atoms with E-state index in [2.05, 4.69) is 6.92 Å².